The molecule has 0 saturated heterocycles. The smallest absolute Gasteiger partial charge is 0.306 e. The van der Waals surface area contributed by atoms with Crippen LogP contribution in [-0.4, -0.2) is 37.2 Å². The van der Waals surface area contributed by atoms with Crippen LogP contribution in [0.5, 0.6) is 0 Å². The van der Waals surface area contributed by atoms with E-state index in [0.29, 0.717) is 19.3 Å². The molecule has 0 aromatic carbocycles. The predicted molar refractivity (Wildman–Crippen MR) is 288 cm³/mol. The third-order valence-electron chi connectivity index (χ3n) is 12.2. The van der Waals surface area contributed by atoms with Crippen molar-refractivity contribution in [1.29, 1.82) is 0 Å². The summed E-state index contributed by atoms with van der Waals surface area (Å²) in [5, 5.41) is 0. The second kappa shape index (κ2) is 55.4. The first-order valence-corrected chi connectivity index (χ1v) is 28.4. The summed E-state index contributed by atoms with van der Waals surface area (Å²) in [7, 11) is 0. The zero-order valence-corrected chi connectivity index (χ0v) is 44.2. The molecule has 386 valence electrons. The number of allylic oxidation sites excluding steroid dienone is 12. The Labute approximate surface area is 414 Å². The Bertz CT molecular complexity index is 1260. The van der Waals surface area contributed by atoms with Crippen LogP contribution in [0, 0.1) is 0 Å². The van der Waals surface area contributed by atoms with Crippen molar-refractivity contribution >= 4 is 17.9 Å². The molecule has 67 heavy (non-hydrogen) atoms. The van der Waals surface area contributed by atoms with Crippen molar-refractivity contribution in [2.24, 2.45) is 0 Å². The third-order valence-corrected chi connectivity index (χ3v) is 12.2. The van der Waals surface area contributed by atoms with Crippen LogP contribution in [0.2, 0.25) is 0 Å². The molecule has 0 N–H and O–H groups in total. The minimum atomic E-state index is -0.792. The van der Waals surface area contributed by atoms with Gasteiger partial charge in [-0.2, -0.15) is 0 Å². The molecular formula is C61H106O6. The average molecular weight is 936 g/mol. The molecule has 0 amide bonds. The van der Waals surface area contributed by atoms with Gasteiger partial charge in [0.2, 0.25) is 0 Å². The van der Waals surface area contributed by atoms with E-state index in [1.165, 1.54) is 128 Å². The van der Waals surface area contributed by atoms with Crippen molar-refractivity contribution in [3.63, 3.8) is 0 Å². The number of esters is 3. The SMILES string of the molecule is CCCCC/C=C\C/C=C\C/C=C\CCCCCCCCC(=O)OCC(COC(=O)CCCCCCC/C=C\CCCCCCC)OC(=O)CCCCCCC/C=C\C/C=C\CCCCCC. The molecule has 0 aromatic heterocycles. The fourth-order valence-electron chi connectivity index (χ4n) is 7.83. The van der Waals surface area contributed by atoms with Gasteiger partial charge in [0.25, 0.3) is 0 Å². The van der Waals surface area contributed by atoms with Crippen LogP contribution < -0.4 is 0 Å². The fourth-order valence-corrected chi connectivity index (χ4v) is 7.83. The molecule has 1 atom stereocenters. The monoisotopic (exact) mass is 935 g/mol. The zero-order valence-electron chi connectivity index (χ0n) is 44.2. The molecule has 0 spiro atoms. The summed E-state index contributed by atoms with van der Waals surface area (Å²) in [6.45, 7) is 6.57. The highest BCUT2D eigenvalue weighted by Crippen LogP contribution is 2.14. The summed E-state index contributed by atoms with van der Waals surface area (Å²) in [4.78, 5) is 38.1. The number of hydrogen-bond donors (Lipinski definition) is 0. The largest absolute Gasteiger partial charge is 0.462 e. The molecular weight excluding hydrogens is 829 g/mol. The first-order chi connectivity index (χ1) is 33.0. The molecule has 0 aliphatic carbocycles. The van der Waals surface area contributed by atoms with Crippen molar-refractivity contribution in [3.05, 3.63) is 72.9 Å². The molecule has 0 aliphatic heterocycles. The maximum Gasteiger partial charge on any atom is 0.306 e. The standard InChI is InChI=1S/C61H106O6/c1-4-7-10-13-16-19-22-25-28-30-31-32-34-36-39-42-45-48-51-54-60(63)66-57-58(56-65-59(62)53-50-47-44-41-38-35-27-24-21-18-15-12-9-6-3)67-61(64)55-52-49-46-43-40-37-33-29-26-23-20-17-14-11-8-5-2/h16,19-20,23-25,27-29,31-33,58H,4-15,17-18,21-22,26,30,34-57H2,1-3H3/b19-16-,23-20-,27-24-,28-25-,32-31-,33-29-. The lowest BCUT2D eigenvalue weighted by atomic mass is 10.1. The van der Waals surface area contributed by atoms with Gasteiger partial charge in [-0.15, -0.1) is 0 Å². The molecule has 0 saturated carbocycles. The first kappa shape index (κ1) is 63.8. The number of carbonyl (C=O) groups is 3. The second-order valence-corrected chi connectivity index (χ2v) is 18.8. The Morgan fingerprint density at radius 1 is 0.299 bits per heavy atom. The van der Waals surface area contributed by atoms with E-state index in [9.17, 15) is 14.4 Å². The van der Waals surface area contributed by atoms with Crippen molar-refractivity contribution in [2.75, 3.05) is 13.2 Å². The highest BCUT2D eigenvalue weighted by molar-refractivity contribution is 5.71. The van der Waals surface area contributed by atoms with Gasteiger partial charge in [0.1, 0.15) is 13.2 Å². The number of hydrogen-bond acceptors (Lipinski definition) is 6. The van der Waals surface area contributed by atoms with Gasteiger partial charge < -0.3 is 14.2 Å². The van der Waals surface area contributed by atoms with E-state index in [2.05, 4.69) is 93.7 Å². The van der Waals surface area contributed by atoms with Crippen molar-refractivity contribution in [3.8, 4) is 0 Å². The average Bonchev–Trinajstić information content (AvgIpc) is 3.33. The summed E-state index contributed by atoms with van der Waals surface area (Å²) in [6.07, 6.45) is 70.2. The number of ether oxygens (including phenoxy) is 3. The van der Waals surface area contributed by atoms with Gasteiger partial charge in [-0.05, 0) is 116 Å². The lowest BCUT2D eigenvalue weighted by Gasteiger charge is -2.18. The molecule has 1 unspecified atom stereocenters. The third kappa shape index (κ3) is 53.7. The van der Waals surface area contributed by atoms with Crippen molar-refractivity contribution < 1.29 is 28.6 Å². The van der Waals surface area contributed by atoms with E-state index in [1.54, 1.807) is 0 Å². The van der Waals surface area contributed by atoms with Crippen LogP contribution in [0.1, 0.15) is 278 Å². The van der Waals surface area contributed by atoms with Gasteiger partial charge in [0.15, 0.2) is 6.10 Å². The molecule has 0 rings (SSSR count). The Morgan fingerprint density at radius 2 is 0.537 bits per heavy atom. The topological polar surface area (TPSA) is 78.9 Å². The summed E-state index contributed by atoms with van der Waals surface area (Å²) < 4.78 is 16.8. The van der Waals surface area contributed by atoms with Crippen LogP contribution in [0.25, 0.3) is 0 Å². The summed E-state index contributed by atoms with van der Waals surface area (Å²) >= 11 is 0. The van der Waals surface area contributed by atoms with Crippen molar-refractivity contribution in [2.45, 2.75) is 284 Å². The van der Waals surface area contributed by atoms with Gasteiger partial charge in [0.05, 0.1) is 0 Å². The molecule has 0 radical (unpaired) electrons. The minimum Gasteiger partial charge on any atom is -0.462 e. The number of rotatable bonds is 51. The molecule has 0 heterocycles. The quantitative estimate of drug-likeness (QED) is 0.0262. The molecule has 6 nitrogen and oxygen atoms in total. The van der Waals surface area contributed by atoms with Crippen LogP contribution >= 0.6 is 0 Å². The van der Waals surface area contributed by atoms with Crippen LogP contribution in [0.3, 0.4) is 0 Å². The van der Waals surface area contributed by atoms with Gasteiger partial charge in [-0.3, -0.25) is 14.4 Å². The summed E-state index contributed by atoms with van der Waals surface area (Å²) in [5.41, 5.74) is 0. The van der Waals surface area contributed by atoms with Crippen LogP contribution in [0.15, 0.2) is 72.9 Å². The predicted octanol–water partition coefficient (Wildman–Crippen LogP) is 19.0. The van der Waals surface area contributed by atoms with Gasteiger partial charge >= 0.3 is 17.9 Å². The molecule has 0 bridgehead atoms. The number of unbranched alkanes of at least 4 members (excludes halogenated alkanes) is 28. The molecule has 0 aliphatic rings. The Kier molecular flexibility index (Phi) is 52.8. The maximum absolute atomic E-state index is 12.8. The lowest BCUT2D eigenvalue weighted by molar-refractivity contribution is -0.167. The summed E-state index contributed by atoms with van der Waals surface area (Å²) in [5.74, 6) is -0.917. The van der Waals surface area contributed by atoms with E-state index in [4.69, 9.17) is 14.2 Å². The Balaban J connectivity index is 4.43. The van der Waals surface area contributed by atoms with E-state index >= 15 is 0 Å². The first-order valence-electron chi connectivity index (χ1n) is 28.4. The Hall–Kier alpha value is -3.15. The highest BCUT2D eigenvalue weighted by atomic mass is 16.6. The minimum absolute atomic E-state index is 0.0895. The lowest BCUT2D eigenvalue weighted by Crippen LogP contribution is -2.30. The second-order valence-electron chi connectivity index (χ2n) is 18.8. The fraction of sp³-hybridized carbons (Fsp3) is 0.754. The molecule has 0 aromatic rings. The summed E-state index contributed by atoms with van der Waals surface area (Å²) in [6, 6.07) is 0. The van der Waals surface area contributed by atoms with Crippen LogP contribution in [0.4, 0.5) is 0 Å². The molecule has 0 fully saturated rings. The zero-order chi connectivity index (χ0) is 48.6. The molecule has 6 heteroatoms. The van der Waals surface area contributed by atoms with Gasteiger partial charge in [-0.1, -0.05) is 216 Å². The van der Waals surface area contributed by atoms with E-state index in [1.807, 2.05) is 0 Å². The normalized spacial score (nSPS) is 12.6. The van der Waals surface area contributed by atoms with E-state index in [0.717, 1.165) is 109 Å². The number of carbonyl (C=O) groups excluding carboxylic acids is 3. The Morgan fingerprint density at radius 3 is 0.896 bits per heavy atom. The van der Waals surface area contributed by atoms with Crippen LogP contribution in [-0.2, 0) is 28.6 Å². The maximum atomic E-state index is 12.8. The van der Waals surface area contributed by atoms with E-state index in [-0.39, 0.29) is 31.1 Å². The van der Waals surface area contributed by atoms with Crippen molar-refractivity contribution in [1.82, 2.24) is 0 Å². The van der Waals surface area contributed by atoms with Gasteiger partial charge in [-0.25, -0.2) is 0 Å². The highest BCUT2D eigenvalue weighted by Gasteiger charge is 2.19. The van der Waals surface area contributed by atoms with E-state index < -0.39 is 6.10 Å². The van der Waals surface area contributed by atoms with Gasteiger partial charge in [0, 0.05) is 19.3 Å².